The smallest absolute Gasteiger partial charge is 0.347 e. The minimum absolute atomic E-state index is 0.196. The van der Waals surface area contributed by atoms with Crippen LogP contribution in [0.3, 0.4) is 0 Å². The van der Waals surface area contributed by atoms with Crippen molar-refractivity contribution in [3.63, 3.8) is 0 Å². The molecule has 0 fully saturated rings. The highest BCUT2D eigenvalue weighted by Crippen LogP contribution is 2.17. The van der Waals surface area contributed by atoms with E-state index in [1.54, 1.807) is 18.9 Å². The molecule has 7 heteroatoms. The second-order valence-electron chi connectivity index (χ2n) is 4.34. The van der Waals surface area contributed by atoms with E-state index in [1.165, 1.54) is 0 Å². The van der Waals surface area contributed by atoms with Crippen LogP contribution in [-0.4, -0.2) is 40.6 Å². The number of hydrogen-bond donors (Lipinski definition) is 2. The van der Waals surface area contributed by atoms with Gasteiger partial charge < -0.3 is 15.3 Å². The predicted octanol–water partition coefficient (Wildman–Crippen LogP) is 2.26. The van der Waals surface area contributed by atoms with Crippen LogP contribution in [0.25, 0.3) is 0 Å². The minimum Gasteiger partial charge on any atom is -0.477 e. The van der Waals surface area contributed by atoms with E-state index in [0.717, 1.165) is 24.2 Å². The summed E-state index contributed by atoms with van der Waals surface area (Å²) in [5, 5.41) is 12.2. The molecule has 0 aliphatic rings. The van der Waals surface area contributed by atoms with Gasteiger partial charge >= 0.3 is 12.0 Å². The number of allylic oxidation sites excluding steroid dienone is 1. The molecule has 6 nitrogen and oxygen atoms in total. The highest BCUT2D eigenvalue weighted by atomic mass is 32.1. The Labute approximate surface area is 122 Å². The molecule has 0 saturated heterocycles. The van der Waals surface area contributed by atoms with Gasteiger partial charge in [-0.05, 0) is 19.8 Å². The quantitative estimate of drug-likeness (QED) is 0.597. The summed E-state index contributed by atoms with van der Waals surface area (Å²) in [7, 11) is 1.72. The third-order valence-corrected chi connectivity index (χ3v) is 3.82. The molecule has 0 bridgehead atoms. The van der Waals surface area contributed by atoms with Gasteiger partial charge in [0, 0.05) is 13.6 Å². The van der Waals surface area contributed by atoms with Gasteiger partial charge in [-0.15, -0.1) is 17.9 Å². The largest absolute Gasteiger partial charge is 0.477 e. The van der Waals surface area contributed by atoms with Crippen LogP contribution in [0.1, 0.15) is 33.2 Å². The first kappa shape index (κ1) is 16.2. The van der Waals surface area contributed by atoms with E-state index >= 15 is 0 Å². The number of aromatic nitrogens is 1. The van der Waals surface area contributed by atoms with Crippen LogP contribution in [0.15, 0.2) is 12.7 Å². The Morgan fingerprint density at radius 2 is 2.25 bits per heavy atom. The number of aryl methyl sites for hydroxylation is 1. The van der Waals surface area contributed by atoms with Gasteiger partial charge in [0.25, 0.3) is 0 Å². The van der Waals surface area contributed by atoms with Gasteiger partial charge in [-0.2, -0.15) is 0 Å². The third kappa shape index (κ3) is 4.65. The lowest BCUT2D eigenvalue weighted by molar-refractivity contribution is 0.0701. The fourth-order valence-corrected chi connectivity index (χ4v) is 2.43. The van der Waals surface area contributed by atoms with Crippen LogP contribution in [0, 0.1) is 6.92 Å². The van der Waals surface area contributed by atoms with Crippen LogP contribution >= 0.6 is 11.3 Å². The number of nitrogens with zero attached hydrogens (tertiary/aromatic N) is 2. The average Bonchev–Trinajstić information content (AvgIpc) is 2.77. The van der Waals surface area contributed by atoms with Crippen LogP contribution in [-0.2, 0) is 6.54 Å². The normalized spacial score (nSPS) is 10.1. The second kappa shape index (κ2) is 7.64. The number of aromatic carboxylic acids is 1. The lowest BCUT2D eigenvalue weighted by Crippen LogP contribution is -2.37. The molecule has 0 aliphatic heterocycles. The molecule has 1 heterocycles. The zero-order chi connectivity index (χ0) is 15.1. The van der Waals surface area contributed by atoms with E-state index in [0.29, 0.717) is 17.2 Å². The summed E-state index contributed by atoms with van der Waals surface area (Å²) >= 11 is 1.09. The van der Waals surface area contributed by atoms with Gasteiger partial charge in [-0.25, -0.2) is 14.6 Å². The number of thiazole rings is 1. The number of hydrogen-bond acceptors (Lipinski definition) is 4. The molecule has 2 amide bonds. The Balaban J connectivity index is 2.46. The molecule has 0 spiro atoms. The molecule has 0 saturated carbocycles. The van der Waals surface area contributed by atoms with Crippen molar-refractivity contribution in [2.75, 3.05) is 13.6 Å². The second-order valence-corrected chi connectivity index (χ2v) is 5.42. The fourth-order valence-electron chi connectivity index (χ4n) is 1.59. The van der Waals surface area contributed by atoms with Gasteiger partial charge in [-0.3, -0.25) is 0 Å². The summed E-state index contributed by atoms with van der Waals surface area (Å²) < 4.78 is 0. The van der Waals surface area contributed by atoms with Crippen LogP contribution in [0.2, 0.25) is 0 Å². The van der Waals surface area contributed by atoms with Crippen LogP contribution in [0.4, 0.5) is 4.79 Å². The van der Waals surface area contributed by atoms with E-state index in [1.807, 2.05) is 6.08 Å². The standard InChI is InChI=1S/C13H19N3O3S/c1-4-5-6-7-16(3)13(19)14-8-10-15-9(2)11(20-10)12(17)18/h4H,1,5-8H2,2-3H3,(H,14,19)(H,17,18). The third-order valence-electron chi connectivity index (χ3n) is 2.67. The van der Waals surface area contributed by atoms with Crippen molar-refractivity contribution in [1.29, 1.82) is 0 Å². The summed E-state index contributed by atoms with van der Waals surface area (Å²) in [6, 6.07) is -0.196. The highest BCUT2D eigenvalue weighted by molar-refractivity contribution is 7.13. The minimum atomic E-state index is -0.987. The Morgan fingerprint density at radius 1 is 1.55 bits per heavy atom. The lowest BCUT2D eigenvalue weighted by atomic mass is 10.3. The van der Waals surface area contributed by atoms with Gasteiger partial charge in [-0.1, -0.05) is 6.08 Å². The number of urea groups is 1. The Morgan fingerprint density at radius 3 is 2.80 bits per heavy atom. The number of rotatable bonds is 7. The van der Waals surface area contributed by atoms with E-state index in [4.69, 9.17) is 5.11 Å². The van der Waals surface area contributed by atoms with Gasteiger partial charge in [0.05, 0.1) is 12.2 Å². The first-order valence-corrected chi connectivity index (χ1v) is 7.06. The monoisotopic (exact) mass is 297 g/mol. The Bertz CT molecular complexity index is 499. The molecule has 110 valence electrons. The summed E-state index contributed by atoms with van der Waals surface area (Å²) in [4.78, 5) is 28.6. The van der Waals surface area contributed by atoms with E-state index in [-0.39, 0.29) is 17.5 Å². The molecule has 1 rings (SSSR count). The van der Waals surface area contributed by atoms with Crippen LogP contribution in [0.5, 0.6) is 0 Å². The van der Waals surface area contributed by atoms with Gasteiger partial charge in [0.1, 0.15) is 9.88 Å². The molecule has 20 heavy (non-hydrogen) atoms. The SMILES string of the molecule is C=CCCCN(C)C(=O)NCc1nc(C)c(C(=O)O)s1. The van der Waals surface area contributed by atoms with E-state index in [2.05, 4.69) is 16.9 Å². The zero-order valence-electron chi connectivity index (χ0n) is 11.7. The summed E-state index contributed by atoms with van der Waals surface area (Å²) in [5.74, 6) is -0.987. The average molecular weight is 297 g/mol. The molecule has 1 aromatic rings. The Kier molecular flexibility index (Phi) is 6.17. The number of carbonyl (C=O) groups is 2. The van der Waals surface area contributed by atoms with Gasteiger partial charge in [0.15, 0.2) is 0 Å². The molecule has 2 N–H and O–H groups in total. The van der Waals surface area contributed by atoms with Crippen molar-refractivity contribution in [3.8, 4) is 0 Å². The lowest BCUT2D eigenvalue weighted by Gasteiger charge is -2.16. The van der Waals surface area contributed by atoms with Gasteiger partial charge in [0.2, 0.25) is 0 Å². The number of carbonyl (C=O) groups excluding carboxylic acids is 1. The summed E-state index contributed by atoms with van der Waals surface area (Å²) in [6.07, 6.45) is 3.55. The van der Waals surface area contributed by atoms with Crippen molar-refractivity contribution in [2.45, 2.75) is 26.3 Å². The van der Waals surface area contributed by atoms with Crippen LogP contribution < -0.4 is 5.32 Å². The van der Waals surface area contributed by atoms with Crippen molar-refractivity contribution < 1.29 is 14.7 Å². The van der Waals surface area contributed by atoms with Crippen molar-refractivity contribution in [2.24, 2.45) is 0 Å². The molecule has 0 unspecified atom stereocenters. The molecule has 0 aliphatic carbocycles. The molecule has 0 atom stereocenters. The van der Waals surface area contributed by atoms with Crippen molar-refractivity contribution in [1.82, 2.24) is 15.2 Å². The van der Waals surface area contributed by atoms with Crippen molar-refractivity contribution >= 4 is 23.3 Å². The maximum atomic E-state index is 11.8. The molecule has 1 aromatic heterocycles. The number of amides is 2. The number of nitrogens with one attached hydrogen (secondary N) is 1. The first-order valence-electron chi connectivity index (χ1n) is 6.25. The maximum absolute atomic E-state index is 11.8. The highest BCUT2D eigenvalue weighted by Gasteiger charge is 2.15. The summed E-state index contributed by atoms with van der Waals surface area (Å²) in [6.45, 7) is 6.16. The number of carboxylic acids is 1. The topological polar surface area (TPSA) is 82.5 Å². The molecule has 0 aromatic carbocycles. The molecular formula is C13H19N3O3S. The molecular weight excluding hydrogens is 278 g/mol. The number of unbranched alkanes of at least 4 members (excludes halogenated alkanes) is 1. The van der Waals surface area contributed by atoms with Crippen molar-refractivity contribution in [3.05, 3.63) is 28.2 Å². The summed E-state index contributed by atoms with van der Waals surface area (Å²) in [5.41, 5.74) is 0.478. The molecule has 0 radical (unpaired) electrons. The zero-order valence-corrected chi connectivity index (χ0v) is 12.5. The first-order chi connectivity index (χ1) is 9.45. The predicted molar refractivity (Wildman–Crippen MR) is 78.1 cm³/mol. The maximum Gasteiger partial charge on any atom is 0.347 e. The Hall–Kier alpha value is -1.89. The number of carboxylic acid groups (broad SMARTS) is 1. The van der Waals surface area contributed by atoms with E-state index in [9.17, 15) is 9.59 Å². The van der Waals surface area contributed by atoms with E-state index < -0.39 is 5.97 Å². The fraction of sp³-hybridized carbons (Fsp3) is 0.462.